The van der Waals surface area contributed by atoms with Crippen molar-refractivity contribution >= 4 is 24.6 Å². The van der Waals surface area contributed by atoms with E-state index < -0.39 is 36.1 Å². The van der Waals surface area contributed by atoms with Gasteiger partial charge in [-0.05, 0) is 67.2 Å². The lowest BCUT2D eigenvalue weighted by Gasteiger charge is -2.35. The fourth-order valence-electron chi connectivity index (χ4n) is 4.02. The number of carbonyl (C=O) groups is 2. The van der Waals surface area contributed by atoms with Gasteiger partial charge in [-0.2, -0.15) is 0 Å². The van der Waals surface area contributed by atoms with Crippen LogP contribution in [0.25, 0.3) is 0 Å². The van der Waals surface area contributed by atoms with Crippen LogP contribution in [0.1, 0.15) is 75.2 Å². The molecule has 1 aromatic heterocycles. The van der Waals surface area contributed by atoms with E-state index >= 15 is 0 Å². The number of hydrogen-bond acceptors (Lipinski definition) is 8. The molecule has 0 unspecified atom stereocenters. The van der Waals surface area contributed by atoms with Crippen molar-refractivity contribution in [1.82, 2.24) is 20.2 Å². The average Bonchev–Trinajstić information content (AvgIpc) is 2.98. The summed E-state index contributed by atoms with van der Waals surface area (Å²) >= 11 is 0. The van der Waals surface area contributed by atoms with E-state index in [0.29, 0.717) is 13.1 Å². The lowest BCUT2D eigenvalue weighted by Crippen LogP contribution is -2.55. The Bertz CT molecular complexity index is 915. The van der Waals surface area contributed by atoms with E-state index in [1.165, 1.54) is 0 Å². The van der Waals surface area contributed by atoms with Crippen molar-refractivity contribution in [3.63, 3.8) is 0 Å². The molecule has 36 heavy (non-hydrogen) atoms. The average molecular weight is 504 g/mol. The van der Waals surface area contributed by atoms with Gasteiger partial charge in [0, 0.05) is 24.4 Å². The molecule has 10 nitrogen and oxygen atoms in total. The van der Waals surface area contributed by atoms with Gasteiger partial charge in [-0.15, -0.1) is 0 Å². The van der Waals surface area contributed by atoms with Gasteiger partial charge < -0.3 is 29.0 Å². The zero-order valence-corrected chi connectivity index (χ0v) is 23.1. The Morgan fingerprint density at radius 3 is 2.25 bits per heavy atom. The van der Waals surface area contributed by atoms with E-state index in [1.54, 1.807) is 38.1 Å². The SMILES string of the molecule is CC(C)[C@@H](NC(=O)OC(C)(C)C)C(=O)N1CCC[C@H](Oc2ncc(B3OC(C)(C)C(C)(C)O3)cn2)C1. The minimum Gasteiger partial charge on any atom is -0.458 e. The molecule has 0 bridgehead atoms. The highest BCUT2D eigenvalue weighted by Crippen LogP contribution is 2.36. The Hall–Kier alpha value is -2.40. The van der Waals surface area contributed by atoms with Crippen molar-refractivity contribution in [3.8, 4) is 6.01 Å². The summed E-state index contributed by atoms with van der Waals surface area (Å²) in [6.07, 6.45) is 4.00. The summed E-state index contributed by atoms with van der Waals surface area (Å²) in [4.78, 5) is 36.0. The van der Waals surface area contributed by atoms with Crippen LogP contribution in [0.4, 0.5) is 4.79 Å². The zero-order chi connectivity index (χ0) is 26.9. The van der Waals surface area contributed by atoms with Crippen LogP contribution < -0.4 is 15.5 Å². The lowest BCUT2D eigenvalue weighted by atomic mass is 9.81. The van der Waals surface area contributed by atoms with Crippen LogP contribution in [0.3, 0.4) is 0 Å². The highest BCUT2D eigenvalue weighted by molar-refractivity contribution is 6.61. The van der Waals surface area contributed by atoms with Gasteiger partial charge in [-0.3, -0.25) is 4.79 Å². The molecule has 0 spiro atoms. The van der Waals surface area contributed by atoms with Crippen LogP contribution in [0.15, 0.2) is 12.4 Å². The number of aromatic nitrogens is 2. The second-order valence-electron chi connectivity index (χ2n) is 11.9. The summed E-state index contributed by atoms with van der Waals surface area (Å²) in [7, 11) is -0.544. The van der Waals surface area contributed by atoms with E-state index in [9.17, 15) is 9.59 Å². The van der Waals surface area contributed by atoms with E-state index in [1.807, 2.05) is 41.5 Å². The van der Waals surface area contributed by atoms with Gasteiger partial charge in [0.25, 0.3) is 0 Å². The van der Waals surface area contributed by atoms with Crippen molar-refractivity contribution < 1.29 is 28.4 Å². The van der Waals surface area contributed by atoms with Crippen LogP contribution in [0.2, 0.25) is 0 Å². The van der Waals surface area contributed by atoms with E-state index in [4.69, 9.17) is 18.8 Å². The molecule has 2 aliphatic rings. The number of ether oxygens (including phenoxy) is 2. The Morgan fingerprint density at radius 1 is 1.14 bits per heavy atom. The second-order valence-corrected chi connectivity index (χ2v) is 11.9. The Morgan fingerprint density at radius 2 is 1.72 bits per heavy atom. The number of nitrogens with zero attached hydrogens (tertiary/aromatic N) is 3. The predicted molar refractivity (Wildman–Crippen MR) is 136 cm³/mol. The summed E-state index contributed by atoms with van der Waals surface area (Å²) in [6.45, 7) is 18.1. The van der Waals surface area contributed by atoms with Crippen LogP contribution in [-0.2, 0) is 18.8 Å². The number of amides is 2. The summed E-state index contributed by atoms with van der Waals surface area (Å²) in [5.74, 6) is -0.252. The molecule has 2 aliphatic heterocycles. The number of alkyl carbamates (subject to hydrolysis) is 1. The van der Waals surface area contributed by atoms with Gasteiger partial charge in [-0.25, -0.2) is 14.8 Å². The topological polar surface area (TPSA) is 112 Å². The zero-order valence-electron chi connectivity index (χ0n) is 23.1. The van der Waals surface area contributed by atoms with Gasteiger partial charge >= 0.3 is 19.2 Å². The maximum atomic E-state index is 13.3. The van der Waals surface area contributed by atoms with Crippen molar-refractivity contribution in [2.45, 2.75) is 104 Å². The first kappa shape index (κ1) is 28.2. The fraction of sp³-hybridized carbons (Fsp3) is 0.760. The highest BCUT2D eigenvalue weighted by Gasteiger charge is 2.52. The first-order chi connectivity index (χ1) is 16.6. The van der Waals surface area contributed by atoms with Crippen LogP contribution in [0, 0.1) is 5.92 Å². The third-order valence-corrected chi connectivity index (χ3v) is 6.74. The van der Waals surface area contributed by atoms with Gasteiger partial charge in [0.15, 0.2) is 0 Å². The van der Waals surface area contributed by atoms with Gasteiger partial charge in [0.05, 0.1) is 17.7 Å². The standard InChI is InChI=1S/C25H41BN4O6/c1-16(2)19(29-22(32)34-23(3,4)5)20(31)30-12-10-11-18(15-30)33-21-27-13-17(14-28-21)26-35-24(6,7)25(8,9)36-26/h13-14,16,18-19H,10-12,15H2,1-9H3,(H,29,32)/t18-,19+/m0/s1. The normalized spacial score (nSPS) is 22.3. The third kappa shape index (κ3) is 6.88. The van der Waals surface area contributed by atoms with Crippen LogP contribution in [-0.4, -0.2) is 76.0 Å². The molecule has 3 rings (SSSR count). The second kappa shape index (κ2) is 10.5. The third-order valence-electron chi connectivity index (χ3n) is 6.74. The highest BCUT2D eigenvalue weighted by atomic mass is 16.7. The van der Waals surface area contributed by atoms with Gasteiger partial charge in [0.2, 0.25) is 5.91 Å². The molecule has 2 amide bonds. The summed E-state index contributed by atoms with van der Waals surface area (Å²) in [5, 5.41) is 2.74. The number of nitrogens with one attached hydrogen (secondary N) is 1. The molecule has 2 atom stereocenters. The van der Waals surface area contributed by atoms with Crippen molar-refractivity contribution in [1.29, 1.82) is 0 Å². The molecular weight excluding hydrogens is 463 g/mol. The molecule has 0 aliphatic carbocycles. The number of hydrogen-bond donors (Lipinski definition) is 1. The predicted octanol–water partition coefficient (Wildman–Crippen LogP) is 2.69. The largest absolute Gasteiger partial charge is 0.498 e. The summed E-state index contributed by atoms with van der Waals surface area (Å²) < 4.78 is 23.5. The Kier molecular flexibility index (Phi) is 8.25. The smallest absolute Gasteiger partial charge is 0.458 e. The molecular formula is C25H41BN4O6. The molecule has 1 aromatic rings. The maximum Gasteiger partial charge on any atom is 0.498 e. The summed E-state index contributed by atoms with van der Waals surface area (Å²) in [6, 6.07) is -0.448. The minimum atomic E-state index is -0.686. The fourth-order valence-corrected chi connectivity index (χ4v) is 4.02. The van der Waals surface area contributed by atoms with Crippen molar-refractivity contribution in [2.75, 3.05) is 13.1 Å². The molecule has 0 aromatic carbocycles. The molecule has 3 heterocycles. The molecule has 200 valence electrons. The molecule has 0 radical (unpaired) electrons. The quantitative estimate of drug-likeness (QED) is 0.589. The molecule has 11 heteroatoms. The lowest BCUT2D eigenvalue weighted by molar-refractivity contribution is -0.137. The van der Waals surface area contributed by atoms with E-state index in [0.717, 1.165) is 18.3 Å². The van der Waals surface area contributed by atoms with Gasteiger partial charge in [-0.1, -0.05) is 13.8 Å². The molecule has 2 saturated heterocycles. The first-order valence-electron chi connectivity index (χ1n) is 12.7. The Labute approximate surface area is 215 Å². The monoisotopic (exact) mass is 504 g/mol. The van der Waals surface area contributed by atoms with Gasteiger partial charge in [0.1, 0.15) is 17.7 Å². The molecule has 2 fully saturated rings. The van der Waals surface area contributed by atoms with E-state index in [2.05, 4.69) is 15.3 Å². The van der Waals surface area contributed by atoms with Crippen molar-refractivity contribution in [3.05, 3.63) is 12.4 Å². The maximum absolute atomic E-state index is 13.3. The summed E-state index contributed by atoms with van der Waals surface area (Å²) in [5.41, 5.74) is -0.820. The molecule has 1 N–H and O–H groups in total. The van der Waals surface area contributed by atoms with Crippen molar-refractivity contribution in [2.24, 2.45) is 5.92 Å². The first-order valence-corrected chi connectivity index (χ1v) is 12.7. The Balaban J connectivity index is 1.59. The number of likely N-dealkylation sites (tertiary alicyclic amines) is 1. The molecule has 0 saturated carbocycles. The minimum absolute atomic E-state index is 0.0998. The van der Waals surface area contributed by atoms with Crippen LogP contribution >= 0.6 is 0 Å². The number of piperidine rings is 1. The van der Waals surface area contributed by atoms with E-state index in [-0.39, 0.29) is 23.9 Å². The number of carbonyl (C=O) groups excluding carboxylic acids is 2. The number of rotatable bonds is 6. The van der Waals surface area contributed by atoms with Crippen LogP contribution in [0.5, 0.6) is 6.01 Å².